The third kappa shape index (κ3) is 42.8. The molecule has 1 amide bonds. The number of nitrogens with one attached hydrogen (secondary N) is 1. The van der Waals surface area contributed by atoms with Crippen LogP contribution in [0.5, 0.6) is 0 Å². The molecule has 2 heterocycles. The first kappa shape index (κ1) is 82.7. The summed E-state index contributed by atoms with van der Waals surface area (Å²) in [6, 6.07) is -0.942. The fourth-order valence-corrected chi connectivity index (χ4v) is 11.2. The van der Waals surface area contributed by atoms with E-state index in [-0.39, 0.29) is 18.9 Å². The van der Waals surface area contributed by atoms with Gasteiger partial charge in [0, 0.05) is 6.42 Å². The Morgan fingerprint density at radius 3 is 1.22 bits per heavy atom. The number of allylic oxidation sites excluding steroid dienone is 17. The predicted molar refractivity (Wildman–Crippen MR) is 369 cm³/mol. The highest BCUT2D eigenvalue weighted by molar-refractivity contribution is 5.76. The van der Waals surface area contributed by atoms with Gasteiger partial charge in [0.05, 0.1) is 32.0 Å². The molecular weight excluding hydrogens is 1130 g/mol. The standard InChI is InChI=1S/C76H131NO13/c1-3-5-7-9-11-13-15-17-19-21-23-25-27-28-29-30-31-32-33-34-35-36-38-40-42-44-46-48-50-52-54-56-58-60-68(81)77-64(63-87-75-73(86)71(84)74(67(62-79)89-75)90-76-72(85)70(83)69(82)66(61-78)88-76)65(80)59-57-55-53-51-49-47-45-43-41-39-37-26-24-22-20-18-16-14-12-10-8-6-4-2/h5,7,11,13,17,19,23,25,28-29,31-32,34-35,49,51,57,59,64-67,69-76,78-80,82-86H,3-4,6,8-10,12,14-16,18,20-22,24,26-27,30,33,36-48,50,52-56,58,60-63H2,1-2H3,(H,77,81)/b7-5-,13-11-,19-17-,25-23-,29-28-,32-31-,35-34-,51-49+,59-57+. The number of ether oxygens (including phenoxy) is 4. The van der Waals surface area contributed by atoms with Crippen molar-refractivity contribution in [1.82, 2.24) is 5.32 Å². The van der Waals surface area contributed by atoms with E-state index in [4.69, 9.17) is 18.9 Å². The Hall–Kier alpha value is -3.35. The summed E-state index contributed by atoms with van der Waals surface area (Å²) in [4.78, 5) is 13.3. The molecule has 0 saturated carbocycles. The highest BCUT2D eigenvalue weighted by atomic mass is 16.7. The number of rotatable bonds is 58. The van der Waals surface area contributed by atoms with Crippen LogP contribution in [0.15, 0.2) is 109 Å². The Balaban J connectivity index is 1.68. The van der Waals surface area contributed by atoms with Gasteiger partial charge in [-0.15, -0.1) is 0 Å². The minimum atomic E-state index is -1.80. The number of hydrogen-bond donors (Lipinski definition) is 9. The van der Waals surface area contributed by atoms with Gasteiger partial charge in [-0.3, -0.25) is 4.79 Å². The minimum Gasteiger partial charge on any atom is -0.394 e. The van der Waals surface area contributed by atoms with E-state index in [0.29, 0.717) is 12.8 Å². The average molecular weight is 1270 g/mol. The lowest BCUT2D eigenvalue weighted by atomic mass is 9.97. The van der Waals surface area contributed by atoms with Crippen LogP contribution in [0.4, 0.5) is 0 Å². The van der Waals surface area contributed by atoms with Crippen LogP contribution in [0.25, 0.3) is 0 Å². The summed E-state index contributed by atoms with van der Waals surface area (Å²) in [5, 5.41) is 87.5. The molecule has 0 aromatic rings. The van der Waals surface area contributed by atoms with Crippen molar-refractivity contribution in [3.05, 3.63) is 109 Å². The maximum Gasteiger partial charge on any atom is 0.220 e. The Bertz CT molecular complexity index is 1930. The normalized spacial score (nSPS) is 23.6. The van der Waals surface area contributed by atoms with Crippen molar-refractivity contribution < 1.29 is 64.6 Å². The van der Waals surface area contributed by atoms with E-state index in [1.807, 2.05) is 6.08 Å². The summed E-state index contributed by atoms with van der Waals surface area (Å²) in [5.74, 6) is -0.255. The number of aliphatic hydroxyl groups excluding tert-OH is 8. The summed E-state index contributed by atoms with van der Waals surface area (Å²) in [6.07, 6.45) is 68.5. The summed E-state index contributed by atoms with van der Waals surface area (Å²) in [6.45, 7) is 2.68. The van der Waals surface area contributed by atoms with E-state index >= 15 is 0 Å². The van der Waals surface area contributed by atoms with Crippen molar-refractivity contribution in [2.75, 3.05) is 19.8 Å². The average Bonchev–Trinajstić information content (AvgIpc) is 1.41. The molecule has 0 bridgehead atoms. The van der Waals surface area contributed by atoms with E-state index in [2.05, 4.69) is 116 Å². The Labute approximate surface area is 546 Å². The van der Waals surface area contributed by atoms with Crippen molar-refractivity contribution in [3.8, 4) is 0 Å². The largest absolute Gasteiger partial charge is 0.394 e. The molecule has 12 unspecified atom stereocenters. The van der Waals surface area contributed by atoms with Crippen molar-refractivity contribution in [3.63, 3.8) is 0 Å². The highest BCUT2D eigenvalue weighted by Crippen LogP contribution is 2.30. The molecule has 2 rings (SSSR count). The first-order valence-corrected chi connectivity index (χ1v) is 36.1. The van der Waals surface area contributed by atoms with Crippen molar-refractivity contribution in [2.45, 2.75) is 344 Å². The van der Waals surface area contributed by atoms with E-state index in [1.54, 1.807) is 6.08 Å². The molecule has 14 heteroatoms. The van der Waals surface area contributed by atoms with Gasteiger partial charge in [0.1, 0.15) is 48.8 Å². The zero-order chi connectivity index (χ0) is 65.2. The van der Waals surface area contributed by atoms with Gasteiger partial charge in [-0.25, -0.2) is 0 Å². The van der Waals surface area contributed by atoms with Gasteiger partial charge in [0.2, 0.25) is 5.91 Å². The van der Waals surface area contributed by atoms with Crippen LogP contribution in [-0.2, 0) is 23.7 Å². The molecule has 12 atom stereocenters. The smallest absolute Gasteiger partial charge is 0.220 e. The molecule has 0 spiro atoms. The first-order valence-electron chi connectivity index (χ1n) is 36.1. The van der Waals surface area contributed by atoms with Crippen LogP contribution < -0.4 is 5.32 Å². The van der Waals surface area contributed by atoms with E-state index < -0.39 is 86.8 Å². The van der Waals surface area contributed by atoms with Crippen molar-refractivity contribution >= 4 is 5.91 Å². The number of carbonyl (C=O) groups excluding carboxylic acids is 1. The molecule has 14 nitrogen and oxygen atoms in total. The molecule has 2 fully saturated rings. The number of unbranched alkanes of at least 4 members (excludes halogenated alkanes) is 29. The summed E-state index contributed by atoms with van der Waals surface area (Å²) < 4.78 is 22.8. The summed E-state index contributed by atoms with van der Waals surface area (Å²) >= 11 is 0. The Morgan fingerprint density at radius 1 is 0.411 bits per heavy atom. The van der Waals surface area contributed by atoms with Gasteiger partial charge in [-0.2, -0.15) is 0 Å². The highest BCUT2D eigenvalue weighted by Gasteiger charge is 2.51. The molecule has 0 radical (unpaired) electrons. The second-order valence-corrected chi connectivity index (χ2v) is 25.0. The zero-order valence-electron chi connectivity index (χ0n) is 56.3. The molecule has 2 aliphatic heterocycles. The third-order valence-corrected chi connectivity index (χ3v) is 16.9. The zero-order valence-corrected chi connectivity index (χ0v) is 56.3. The number of aliphatic hydroxyl groups is 8. The topological polar surface area (TPSA) is 228 Å². The molecule has 0 aromatic carbocycles. The second-order valence-electron chi connectivity index (χ2n) is 25.0. The van der Waals surface area contributed by atoms with Crippen molar-refractivity contribution in [2.24, 2.45) is 0 Å². The van der Waals surface area contributed by atoms with E-state index in [9.17, 15) is 45.6 Å². The fourth-order valence-electron chi connectivity index (χ4n) is 11.2. The molecule has 2 aliphatic rings. The summed E-state index contributed by atoms with van der Waals surface area (Å²) in [5.41, 5.74) is 0. The van der Waals surface area contributed by atoms with Gasteiger partial charge in [0.25, 0.3) is 0 Å². The lowest BCUT2D eigenvalue weighted by Crippen LogP contribution is -2.65. The molecule has 9 N–H and O–H groups in total. The van der Waals surface area contributed by atoms with Gasteiger partial charge >= 0.3 is 0 Å². The van der Waals surface area contributed by atoms with Crippen LogP contribution in [0.1, 0.15) is 271 Å². The number of carbonyl (C=O) groups is 1. The Morgan fingerprint density at radius 2 is 0.778 bits per heavy atom. The lowest BCUT2D eigenvalue weighted by molar-refractivity contribution is -0.359. The fraction of sp³-hybridized carbons (Fsp3) is 0.750. The van der Waals surface area contributed by atoms with Crippen LogP contribution >= 0.6 is 0 Å². The van der Waals surface area contributed by atoms with Gasteiger partial charge in [-0.1, -0.05) is 284 Å². The number of hydrogen-bond acceptors (Lipinski definition) is 13. The number of amides is 1. The van der Waals surface area contributed by atoms with Crippen LogP contribution in [0.2, 0.25) is 0 Å². The Kier molecular flexibility index (Phi) is 54.6. The SMILES string of the molecule is CC/C=C\C/C=C\C/C=C\C/C=C\C/C=C\C/C=C\C/C=C\CCCCCCCCCCCCCC(=O)NC(COC1OC(CO)C(OC2OC(CO)C(O)C(O)C2O)C(O)C1O)C(O)/C=C/CC/C=C/CCCCCCCCCCCCCCCCCCC. The molecule has 518 valence electrons. The molecule has 2 saturated heterocycles. The van der Waals surface area contributed by atoms with Crippen molar-refractivity contribution in [1.29, 1.82) is 0 Å². The summed E-state index contributed by atoms with van der Waals surface area (Å²) in [7, 11) is 0. The maximum atomic E-state index is 13.3. The second kappa shape index (κ2) is 59.4. The monoisotopic (exact) mass is 1270 g/mol. The van der Waals surface area contributed by atoms with Gasteiger partial charge in [-0.05, 0) is 89.9 Å². The van der Waals surface area contributed by atoms with Gasteiger partial charge in [0.15, 0.2) is 12.6 Å². The van der Waals surface area contributed by atoms with Crippen LogP contribution in [-0.4, -0.2) is 140 Å². The van der Waals surface area contributed by atoms with Crippen LogP contribution in [0, 0.1) is 0 Å². The third-order valence-electron chi connectivity index (χ3n) is 16.9. The van der Waals surface area contributed by atoms with Crippen LogP contribution in [0.3, 0.4) is 0 Å². The first-order chi connectivity index (χ1) is 44.1. The maximum absolute atomic E-state index is 13.3. The molecule has 0 aromatic heterocycles. The van der Waals surface area contributed by atoms with Gasteiger partial charge < -0.3 is 65.1 Å². The quantitative estimate of drug-likeness (QED) is 0.0204. The van der Waals surface area contributed by atoms with E-state index in [1.165, 1.54) is 154 Å². The lowest BCUT2D eigenvalue weighted by Gasteiger charge is -2.46. The molecule has 0 aliphatic carbocycles. The minimum absolute atomic E-state index is 0.255. The van der Waals surface area contributed by atoms with E-state index in [0.717, 1.165) is 83.5 Å². The predicted octanol–water partition coefficient (Wildman–Crippen LogP) is 15.1. The molecule has 90 heavy (non-hydrogen) atoms. The molecular formula is C76H131NO13.